The molecule has 0 aliphatic carbocycles. The molecule has 0 amide bonds. The molecule has 0 saturated carbocycles. The van der Waals surface area contributed by atoms with Crippen molar-refractivity contribution in [2.45, 2.75) is 37.6 Å². The molecule has 0 aliphatic heterocycles. The van der Waals surface area contributed by atoms with Gasteiger partial charge in [-0.3, -0.25) is 0 Å². The van der Waals surface area contributed by atoms with Crippen molar-refractivity contribution >= 4 is 28.1 Å². The molecule has 0 N–H and O–H groups in total. The second-order valence-electron chi connectivity index (χ2n) is 5.26. The largest absolute Gasteiger partial charge is 0.491 e. The summed E-state index contributed by atoms with van der Waals surface area (Å²) in [7, 11) is 0. The van der Waals surface area contributed by atoms with Crippen LogP contribution >= 0.6 is 23.1 Å². The van der Waals surface area contributed by atoms with Gasteiger partial charge in [0, 0.05) is 11.3 Å². The van der Waals surface area contributed by atoms with Crippen LogP contribution in [0.2, 0.25) is 0 Å². The Bertz CT molecular complexity index is 715. The van der Waals surface area contributed by atoms with Crippen molar-refractivity contribution in [1.82, 2.24) is 14.6 Å². The Morgan fingerprint density at radius 3 is 2.68 bits per heavy atom. The number of rotatable bonds is 6. The van der Waals surface area contributed by atoms with Gasteiger partial charge in [-0.1, -0.05) is 30.0 Å². The first-order valence-electron chi connectivity index (χ1n) is 7.42. The molecule has 0 radical (unpaired) electrons. The SMILES string of the molecule is CCCSc1nn2cc(-c3ccc(OC(C)C)cc3)nc2s1. The third-order valence-electron chi connectivity index (χ3n) is 2.98. The lowest BCUT2D eigenvalue weighted by Gasteiger charge is -2.09. The summed E-state index contributed by atoms with van der Waals surface area (Å²) in [6, 6.07) is 8.05. The van der Waals surface area contributed by atoms with Gasteiger partial charge in [0.1, 0.15) is 5.75 Å². The molecule has 0 aliphatic rings. The molecular formula is C16H19N3OS2. The van der Waals surface area contributed by atoms with E-state index in [9.17, 15) is 0 Å². The van der Waals surface area contributed by atoms with Crippen molar-refractivity contribution in [2.24, 2.45) is 0 Å². The lowest BCUT2D eigenvalue weighted by molar-refractivity contribution is 0.242. The molecular weight excluding hydrogens is 314 g/mol. The lowest BCUT2D eigenvalue weighted by atomic mass is 10.1. The number of thioether (sulfide) groups is 1. The standard InChI is InChI=1S/C16H19N3OS2/c1-4-9-21-16-18-19-10-14(17-15(19)22-16)12-5-7-13(8-6-12)20-11(2)3/h5-8,10-11H,4,9H2,1-3H3. The van der Waals surface area contributed by atoms with E-state index < -0.39 is 0 Å². The van der Waals surface area contributed by atoms with E-state index >= 15 is 0 Å². The van der Waals surface area contributed by atoms with Gasteiger partial charge in [-0.05, 0) is 44.5 Å². The summed E-state index contributed by atoms with van der Waals surface area (Å²) in [6.07, 6.45) is 3.33. The normalized spacial score (nSPS) is 11.5. The van der Waals surface area contributed by atoms with Crippen LogP contribution in [0.4, 0.5) is 0 Å². The summed E-state index contributed by atoms with van der Waals surface area (Å²) >= 11 is 3.43. The second-order valence-corrected chi connectivity index (χ2v) is 7.56. The van der Waals surface area contributed by atoms with Crippen LogP contribution in [0.3, 0.4) is 0 Å². The van der Waals surface area contributed by atoms with Crippen molar-refractivity contribution in [3.8, 4) is 17.0 Å². The van der Waals surface area contributed by atoms with Crippen LogP contribution in [0.25, 0.3) is 16.2 Å². The first-order valence-corrected chi connectivity index (χ1v) is 9.22. The van der Waals surface area contributed by atoms with Gasteiger partial charge < -0.3 is 4.74 Å². The summed E-state index contributed by atoms with van der Waals surface area (Å²) in [5.74, 6) is 1.98. The number of fused-ring (bicyclic) bond motifs is 1. The van der Waals surface area contributed by atoms with Gasteiger partial charge in [0.25, 0.3) is 0 Å². The van der Waals surface area contributed by atoms with Crippen LogP contribution < -0.4 is 4.74 Å². The average Bonchev–Trinajstić information content (AvgIpc) is 3.03. The number of benzene rings is 1. The van der Waals surface area contributed by atoms with Crippen molar-refractivity contribution in [1.29, 1.82) is 0 Å². The minimum atomic E-state index is 0.187. The molecule has 3 aromatic rings. The maximum absolute atomic E-state index is 5.66. The van der Waals surface area contributed by atoms with Crippen molar-refractivity contribution in [2.75, 3.05) is 5.75 Å². The molecule has 0 atom stereocenters. The highest BCUT2D eigenvalue weighted by molar-refractivity contribution is 8.01. The minimum Gasteiger partial charge on any atom is -0.491 e. The number of ether oxygens (including phenoxy) is 1. The van der Waals surface area contributed by atoms with E-state index in [2.05, 4.69) is 17.0 Å². The van der Waals surface area contributed by atoms with Crippen LogP contribution in [0.5, 0.6) is 5.75 Å². The molecule has 6 heteroatoms. The third kappa shape index (κ3) is 3.44. The van der Waals surface area contributed by atoms with E-state index in [-0.39, 0.29) is 6.10 Å². The highest BCUT2D eigenvalue weighted by atomic mass is 32.2. The lowest BCUT2D eigenvalue weighted by Crippen LogP contribution is -2.05. The quantitative estimate of drug-likeness (QED) is 0.610. The van der Waals surface area contributed by atoms with Crippen LogP contribution in [0, 0.1) is 0 Å². The monoisotopic (exact) mass is 333 g/mol. The van der Waals surface area contributed by atoms with Gasteiger partial charge in [-0.25, -0.2) is 9.50 Å². The summed E-state index contributed by atoms with van der Waals surface area (Å²) in [5.41, 5.74) is 2.03. The van der Waals surface area contributed by atoms with Crippen LogP contribution in [0.1, 0.15) is 27.2 Å². The number of hydrogen-bond donors (Lipinski definition) is 0. The van der Waals surface area contributed by atoms with Gasteiger partial charge in [-0.2, -0.15) is 0 Å². The Balaban J connectivity index is 1.79. The Hall–Kier alpha value is -1.53. The topological polar surface area (TPSA) is 39.4 Å². The summed E-state index contributed by atoms with van der Waals surface area (Å²) in [5, 5.41) is 4.56. The zero-order valence-electron chi connectivity index (χ0n) is 12.9. The molecule has 2 heterocycles. The highest BCUT2D eigenvalue weighted by Gasteiger charge is 2.10. The van der Waals surface area contributed by atoms with E-state index in [0.717, 1.165) is 38.5 Å². The summed E-state index contributed by atoms with van der Waals surface area (Å²) < 4.78 is 8.62. The predicted octanol–water partition coefficient (Wildman–Crippen LogP) is 4.75. The average molecular weight is 333 g/mol. The first-order chi connectivity index (χ1) is 10.7. The molecule has 3 rings (SSSR count). The van der Waals surface area contributed by atoms with E-state index in [0.29, 0.717) is 0 Å². The van der Waals surface area contributed by atoms with E-state index in [1.165, 1.54) is 0 Å². The first kappa shape index (κ1) is 15.4. The van der Waals surface area contributed by atoms with Crippen LogP contribution in [-0.4, -0.2) is 26.5 Å². The Morgan fingerprint density at radius 2 is 2.05 bits per heavy atom. The van der Waals surface area contributed by atoms with Gasteiger partial charge >= 0.3 is 0 Å². The zero-order valence-corrected chi connectivity index (χ0v) is 14.6. The maximum atomic E-state index is 5.66. The molecule has 0 bridgehead atoms. The summed E-state index contributed by atoms with van der Waals surface area (Å²) in [6.45, 7) is 6.23. The highest BCUT2D eigenvalue weighted by Crippen LogP contribution is 2.28. The molecule has 116 valence electrons. The van der Waals surface area contributed by atoms with Gasteiger partial charge in [0.2, 0.25) is 4.96 Å². The number of nitrogens with zero attached hydrogens (tertiary/aromatic N) is 3. The molecule has 0 fully saturated rings. The van der Waals surface area contributed by atoms with Crippen molar-refractivity contribution in [3.63, 3.8) is 0 Å². The van der Waals surface area contributed by atoms with Crippen molar-refractivity contribution < 1.29 is 4.74 Å². The van der Waals surface area contributed by atoms with Gasteiger partial charge in [0.15, 0.2) is 4.34 Å². The Labute approximate surface area is 138 Å². The second kappa shape index (κ2) is 6.71. The molecule has 0 saturated heterocycles. The van der Waals surface area contributed by atoms with E-state index in [1.807, 2.05) is 48.8 Å². The van der Waals surface area contributed by atoms with E-state index in [4.69, 9.17) is 4.74 Å². The maximum Gasteiger partial charge on any atom is 0.213 e. The molecule has 22 heavy (non-hydrogen) atoms. The van der Waals surface area contributed by atoms with Gasteiger partial charge in [-0.15, -0.1) is 5.10 Å². The van der Waals surface area contributed by atoms with E-state index in [1.54, 1.807) is 23.1 Å². The zero-order chi connectivity index (χ0) is 15.5. The number of hydrogen-bond acceptors (Lipinski definition) is 5. The third-order valence-corrected chi connectivity index (χ3v) is 5.24. The molecule has 4 nitrogen and oxygen atoms in total. The molecule has 1 aromatic carbocycles. The molecule has 0 unspecified atom stereocenters. The molecule has 2 aromatic heterocycles. The fourth-order valence-corrected chi connectivity index (χ4v) is 3.89. The van der Waals surface area contributed by atoms with Crippen molar-refractivity contribution in [3.05, 3.63) is 30.5 Å². The van der Waals surface area contributed by atoms with Gasteiger partial charge in [0.05, 0.1) is 18.0 Å². The number of imidazole rings is 1. The smallest absolute Gasteiger partial charge is 0.213 e. The molecule has 0 spiro atoms. The van der Waals surface area contributed by atoms with Crippen LogP contribution in [0.15, 0.2) is 34.8 Å². The van der Waals surface area contributed by atoms with Crippen LogP contribution in [-0.2, 0) is 0 Å². The predicted molar refractivity (Wildman–Crippen MR) is 93.1 cm³/mol. The Kier molecular flexibility index (Phi) is 4.69. The fourth-order valence-electron chi connectivity index (χ4n) is 2.05. The summed E-state index contributed by atoms with van der Waals surface area (Å²) in [4.78, 5) is 5.61. The fraction of sp³-hybridized carbons (Fsp3) is 0.375. The number of aromatic nitrogens is 3. The Morgan fingerprint density at radius 1 is 1.27 bits per heavy atom. The minimum absolute atomic E-state index is 0.187.